The minimum Gasteiger partial charge on any atom is -0.0723 e. The molecule has 1 unspecified atom stereocenters. The molecule has 0 heterocycles. The van der Waals surface area contributed by atoms with Crippen molar-refractivity contribution in [1.29, 1.82) is 0 Å². The largest absolute Gasteiger partial charge is 0.0723 e. The van der Waals surface area contributed by atoms with Crippen LogP contribution in [0.5, 0.6) is 0 Å². The summed E-state index contributed by atoms with van der Waals surface area (Å²) in [5.41, 5.74) is 5.59. The zero-order valence-corrected chi connectivity index (χ0v) is 18.3. The minimum atomic E-state index is 0.140. The fourth-order valence-corrected chi connectivity index (χ4v) is 5.20. The van der Waals surface area contributed by atoms with Crippen molar-refractivity contribution in [3.05, 3.63) is 34.9 Å². The van der Waals surface area contributed by atoms with E-state index in [0.29, 0.717) is 5.92 Å². The summed E-state index contributed by atoms with van der Waals surface area (Å²) in [6.07, 6.45) is 7.78. The van der Waals surface area contributed by atoms with Crippen molar-refractivity contribution >= 4 is 0 Å². The Morgan fingerprint density at radius 3 is 1.50 bits per heavy atom. The highest BCUT2D eigenvalue weighted by atomic mass is 14.6. The van der Waals surface area contributed by atoms with Gasteiger partial charge in [-0.05, 0) is 38.4 Å². The summed E-state index contributed by atoms with van der Waals surface area (Å²) in [4.78, 5) is 0. The quantitative estimate of drug-likeness (QED) is 0.430. The highest BCUT2D eigenvalue weighted by molar-refractivity contribution is 5.58. The van der Waals surface area contributed by atoms with Gasteiger partial charge in [0.2, 0.25) is 0 Å². The molecule has 136 valence electrons. The topological polar surface area (TPSA) is 0 Å². The molecular weight excluding hydrogens is 288 g/mol. The normalized spacial score (nSPS) is 24.5. The van der Waals surface area contributed by atoms with Gasteiger partial charge < -0.3 is 0 Å². The number of hydrogen-bond acceptors (Lipinski definition) is 0. The lowest BCUT2D eigenvalue weighted by Gasteiger charge is -2.53. The molecule has 2 rings (SSSR count). The summed E-state index contributed by atoms with van der Waals surface area (Å²) >= 11 is 0. The molecule has 0 N–H and O–H groups in total. The molecule has 2 aliphatic carbocycles. The summed E-state index contributed by atoms with van der Waals surface area (Å²) in [5.74, 6) is 0.501. The second-order valence-corrected chi connectivity index (χ2v) is 12.1. The average Bonchev–Trinajstić information content (AvgIpc) is 2.78. The molecule has 2 aliphatic rings. The Kier molecular flexibility index (Phi) is 4.17. The molecule has 0 saturated carbocycles. The van der Waals surface area contributed by atoms with Gasteiger partial charge in [-0.3, -0.25) is 0 Å². The molecule has 0 fully saturated rings. The number of hydrogen-bond donors (Lipinski definition) is 0. The van der Waals surface area contributed by atoms with E-state index in [0.717, 1.165) is 0 Å². The van der Waals surface area contributed by atoms with Gasteiger partial charge >= 0.3 is 0 Å². The third-order valence-corrected chi connectivity index (χ3v) is 6.32. The zero-order valence-electron chi connectivity index (χ0n) is 18.3. The van der Waals surface area contributed by atoms with Crippen LogP contribution in [0.15, 0.2) is 34.9 Å². The third kappa shape index (κ3) is 2.74. The van der Waals surface area contributed by atoms with E-state index in [2.05, 4.69) is 101 Å². The first-order chi connectivity index (χ1) is 10.4. The van der Waals surface area contributed by atoms with Crippen molar-refractivity contribution in [3.8, 4) is 0 Å². The summed E-state index contributed by atoms with van der Waals surface area (Å²) < 4.78 is 0. The highest BCUT2D eigenvalue weighted by Gasteiger charge is 2.59. The maximum atomic E-state index is 2.67. The maximum absolute atomic E-state index is 2.67. The first-order valence-corrected chi connectivity index (χ1v) is 9.60. The first-order valence-electron chi connectivity index (χ1n) is 9.60. The van der Waals surface area contributed by atoms with Crippen LogP contribution >= 0.6 is 0 Å². The monoisotopic (exact) mass is 328 g/mol. The Bertz CT molecular complexity index is 593. The van der Waals surface area contributed by atoms with E-state index >= 15 is 0 Å². The van der Waals surface area contributed by atoms with Gasteiger partial charge in [0.15, 0.2) is 0 Å². The smallest absolute Gasteiger partial charge is 0.0128 e. The predicted molar refractivity (Wildman–Crippen MR) is 108 cm³/mol. The molecule has 24 heavy (non-hydrogen) atoms. The van der Waals surface area contributed by atoms with Gasteiger partial charge in [-0.25, -0.2) is 0 Å². The molecule has 0 radical (unpaired) electrons. The zero-order chi connectivity index (χ0) is 18.9. The lowest BCUT2D eigenvalue weighted by Crippen LogP contribution is -2.48. The first kappa shape index (κ1) is 19.5. The maximum Gasteiger partial charge on any atom is 0.0128 e. The van der Waals surface area contributed by atoms with Crippen molar-refractivity contribution in [2.75, 3.05) is 0 Å². The summed E-state index contributed by atoms with van der Waals surface area (Å²) in [6.45, 7) is 28.7. The van der Waals surface area contributed by atoms with Gasteiger partial charge in [0.1, 0.15) is 0 Å². The van der Waals surface area contributed by atoms with E-state index in [1.54, 1.807) is 11.1 Å². The molecule has 0 saturated heterocycles. The molecule has 0 aromatic carbocycles. The number of fused-ring (bicyclic) bond motifs is 1. The molecule has 0 amide bonds. The molecule has 0 aliphatic heterocycles. The van der Waals surface area contributed by atoms with Crippen LogP contribution in [0.2, 0.25) is 0 Å². The molecule has 0 bridgehead atoms. The second-order valence-electron chi connectivity index (χ2n) is 12.1. The molecular formula is C24H40. The summed E-state index contributed by atoms with van der Waals surface area (Å²) in [5, 5.41) is 0. The van der Waals surface area contributed by atoms with Gasteiger partial charge in [-0.2, -0.15) is 0 Å². The molecule has 1 atom stereocenters. The minimum absolute atomic E-state index is 0.140. The summed E-state index contributed by atoms with van der Waals surface area (Å²) in [7, 11) is 0. The Morgan fingerprint density at radius 2 is 1.17 bits per heavy atom. The number of rotatable bonds is 0. The van der Waals surface area contributed by atoms with Crippen molar-refractivity contribution in [2.45, 2.75) is 83.1 Å². The van der Waals surface area contributed by atoms with E-state index in [-0.39, 0.29) is 27.1 Å². The number of allylic oxidation sites excluding steroid dienone is 6. The molecule has 0 aromatic rings. The standard InChI is InChI=1S/C24H40/c1-20(2,3)16-13-17-18(14-16)24(22(7,8)9,23(10,11)12)15-19(17)21(4,5)6/h13-15,18H,1-12H3. The molecule has 0 nitrogen and oxygen atoms in total. The van der Waals surface area contributed by atoms with Crippen LogP contribution in [0.1, 0.15) is 83.1 Å². The van der Waals surface area contributed by atoms with Crippen LogP contribution in [0, 0.1) is 33.0 Å². The van der Waals surface area contributed by atoms with Crippen molar-refractivity contribution in [3.63, 3.8) is 0 Å². The van der Waals surface area contributed by atoms with E-state index in [9.17, 15) is 0 Å². The van der Waals surface area contributed by atoms with Gasteiger partial charge in [0.05, 0.1) is 0 Å². The average molecular weight is 329 g/mol. The predicted octanol–water partition coefficient (Wildman–Crippen LogP) is 7.58. The van der Waals surface area contributed by atoms with Crippen molar-refractivity contribution in [2.24, 2.45) is 33.0 Å². The Balaban J connectivity index is 2.81. The van der Waals surface area contributed by atoms with Crippen molar-refractivity contribution < 1.29 is 0 Å². The lowest BCUT2D eigenvalue weighted by molar-refractivity contribution is -0.00289. The Morgan fingerprint density at radius 1 is 0.708 bits per heavy atom. The van der Waals surface area contributed by atoms with Crippen LogP contribution in [0.4, 0.5) is 0 Å². The SMILES string of the molecule is CC(C)(C)C1=CC2C(=C1)C(C(C)(C)C)=CC2(C(C)(C)C)C(C)(C)C. The highest BCUT2D eigenvalue weighted by Crippen LogP contribution is 2.67. The van der Waals surface area contributed by atoms with Crippen LogP contribution < -0.4 is 0 Å². The lowest BCUT2D eigenvalue weighted by atomic mass is 9.50. The fraction of sp³-hybridized carbons (Fsp3) is 0.750. The van der Waals surface area contributed by atoms with E-state index < -0.39 is 0 Å². The molecule has 0 spiro atoms. The van der Waals surface area contributed by atoms with Crippen LogP contribution in [0.3, 0.4) is 0 Å². The van der Waals surface area contributed by atoms with Gasteiger partial charge in [0, 0.05) is 11.3 Å². The van der Waals surface area contributed by atoms with Crippen LogP contribution in [0.25, 0.3) is 0 Å². The van der Waals surface area contributed by atoms with Crippen molar-refractivity contribution in [1.82, 2.24) is 0 Å². The fourth-order valence-electron chi connectivity index (χ4n) is 5.20. The Labute approximate surface area is 151 Å². The van der Waals surface area contributed by atoms with Crippen LogP contribution in [-0.2, 0) is 0 Å². The van der Waals surface area contributed by atoms with Gasteiger partial charge in [-0.15, -0.1) is 0 Å². The van der Waals surface area contributed by atoms with Gasteiger partial charge in [-0.1, -0.05) is 101 Å². The van der Waals surface area contributed by atoms with E-state index in [1.807, 2.05) is 0 Å². The second kappa shape index (κ2) is 5.12. The van der Waals surface area contributed by atoms with E-state index in [4.69, 9.17) is 0 Å². The molecule has 0 heteroatoms. The summed E-state index contributed by atoms with van der Waals surface area (Å²) in [6, 6.07) is 0. The third-order valence-electron chi connectivity index (χ3n) is 6.32. The molecule has 0 aromatic heterocycles. The van der Waals surface area contributed by atoms with E-state index in [1.165, 1.54) is 5.57 Å². The van der Waals surface area contributed by atoms with Gasteiger partial charge in [0.25, 0.3) is 0 Å². The van der Waals surface area contributed by atoms with Crippen LogP contribution in [-0.4, -0.2) is 0 Å². The Hall–Kier alpha value is -0.780.